The SMILES string of the molecule is CCCCc1nc(C(=O)C(C)C)c(C#N)n1Cc1ccc(-c2ccccc2C2(C(c3ccccc3)(c3ccccc3)c3ccccc3)N=NN=N2)cc1. The zero-order valence-electron chi connectivity index (χ0n) is 30.2. The molecule has 0 unspecified atom stereocenters. The standard InChI is InChI=1S/C45H41N7O/c1-4-5-25-41-47-42(43(53)32(2)3)40(30-46)52(41)31-33-26-28-34(29-27-33)38-23-15-16-24-39(38)45(48-50-51-49-45)44(35-17-9-6-10-18-35,36-19-11-7-12-20-36)37-21-13-8-14-22-37/h6-24,26-29,32H,4-5,25,31H2,1-3H3. The number of aromatic nitrogens is 2. The summed E-state index contributed by atoms with van der Waals surface area (Å²) in [5, 5.41) is 28.7. The van der Waals surface area contributed by atoms with Crippen LogP contribution in [0.5, 0.6) is 0 Å². The summed E-state index contributed by atoms with van der Waals surface area (Å²) in [6.07, 6.45) is 2.59. The zero-order chi connectivity index (χ0) is 36.8. The lowest BCUT2D eigenvalue weighted by atomic mass is 9.59. The molecule has 0 radical (unpaired) electrons. The van der Waals surface area contributed by atoms with Gasteiger partial charge in [0.25, 0.3) is 0 Å². The van der Waals surface area contributed by atoms with Crippen LogP contribution in [0.25, 0.3) is 11.1 Å². The lowest BCUT2D eigenvalue weighted by Crippen LogP contribution is -2.48. The maximum absolute atomic E-state index is 13.1. The third kappa shape index (κ3) is 6.18. The van der Waals surface area contributed by atoms with E-state index in [1.165, 1.54) is 0 Å². The zero-order valence-corrected chi connectivity index (χ0v) is 30.2. The fraction of sp³-hybridized carbons (Fsp3) is 0.222. The van der Waals surface area contributed by atoms with Gasteiger partial charge in [0.2, 0.25) is 5.66 Å². The summed E-state index contributed by atoms with van der Waals surface area (Å²) < 4.78 is 1.91. The fourth-order valence-electron chi connectivity index (χ4n) is 7.58. The highest BCUT2D eigenvalue weighted by molar-refractivity contribution is 5.97. The van der Waals surface area contributed by atoms with Crippen LogP contribution in [0.1, 0.15) is 83.4 Å². The summed E-state index contributed by atoms with van der Waals surface area (Å²) in [5.74, 6) is 0.396. The molecule has 0 fully saturated rings. The molecule has 0 bridgehead atoms. The third-order valence-corrected chi connectivity index (χ3v) is 10.1. The van der Waals surface area contributed by atoms with Crippen molar-refractivity contribution in [3.05, 3.63) is 185 Å². The number of carbonyl (C=O) groups excluding carboxylic acids is 1. The van der Waals surface area contributed by atoms with Crippen molar-refractivity contribution < 1.29 is 4.79 Å². The van der Waals surface area contributed by atoms with Crippen molar-refractivity contribution in [1.82, 2.24) is 9.55 Å². The molecule has 8 heteroatoms. The lowest BCUT2D eigenvalue weighted by molar-refractivity contribution is 0.0934. The number of hydrogen-bond donors (Lipinski definition) is 0. The van der Waals surface area contributed by atoms with E-state index in [0.717, 1.165) is 57.6 Å². The van der Waals surface area contributed by atoms with Crippen molar-refractivity contribution in [1.29, 1.82) is 5.26 Å². The highest BCUT2D eigenvalue weighted by Crippen LogP contribution is 2.58. The van der Waals surface area contributed by atoms with E-state index in [0.29, 0.717) is 18.7 Å². The summed E-state index contributed by atoms with van der Waals surface area (Å²) in [4.78, 5) is 17.8. The van der Waals surface area contributed by atoms with Crippen molar-refractivity contribution >= 4 is 5.78 Å². The molecule has 1 aliphatic rings. The monoisotopic (exact) mass is 695 g/mol. The van der Waals surface area contributed by atoms with Crippen LogP contribution in [-0.4, -0.2) is 15.3 Å². The second-order valence-electron chi connectivity index (χ2n) is 13.7. The van der Waals surface area contributed by atoms with Gasteiger partial charge in [0, 0.05) is 17.9 Å². The number of carbonyl (C=O) groups is 1. The Morgan fingerprint density at radius 2 is 1.28 bits per heavy atom. The van der Waals surface area contributed by atoms with Gasteiger partial charge in [-0.05, 0) is 50.2 Å². The maximum Gasteiger partial charge on any atom is 0.238 e. The van der Waals surface area contributed by atoms with Gasteiger partial charge in [0.1, 0.15) is 17.6 Å². The molecule has 2 heterocycles. The van der Waals surface area contributed by atoms with Crippen LogP contribution in [0.15, 0.2) is 160 Å². The van der Waals surface area contributed by atoms with Crippen LogP contribution >= 0.6 is 0 Å². The molecule has 0 spiro atoms. The van der Waals surface area contributed by atoms with E-state index in [-0.39, 0.29) is 17.4 Å². The molecule has 0 atom stereocenters. The van der Waals surface area contributed by atoms with Gasteiger partial charge >= 0.3 is 0 Å². The number of rotatable bonds is 13. The van der Waals surface area contributed by atoms with Crippen molar-refractivity contribution in [2.24, 2.45) is 26.6 Å². The number of benzene rings is 5. The number of aryl methyl sites for hydroxylation is 1. The lowest BCUT2D eigenvalue weighted by Gasteiger charge is -2.45. The maximum atomic E-state index is 13.1. The van der Waals surface area contributed by atoms with Gasteiger partial charge in [-0.25, -0.2) is 4.98 Å². The van der Waals surface area contributed by atoms with Crippen molar-refractivity contribution in [3.8, 4) is 17.2 Å². The molecule has 5 aromatic carbocycles. The Balaban J connectivity index is 1.37. The van der Waals surface area contributed by atoms with Gasteiger partial charge < -0.3 is 4.57 Å². The number of hydrogen-bond acceptors (Lipinski definition) is 7. The van der Waals surface area contributed by atoms with E-state index < -0.39 is 11.1 Å². The van der Waals surface area contributed by atoms with Crippen LogP contribution in [0.2, 0.25) is 0 Å². The number of unbranched alkanes of at least 4 members (excludes halogenated alkanes) is 1. The molecule has 0 saturated heterocycles. The second-order valence-corrected chi connectivity index (χ2v) is 13.7. The summed E-state index contributed by atoms with van der Waals surface area (Å²) in [6, 6.07) is 49.9. The predicted molar refractivity (Wildman–Crippen MR) is 206 cm³/mol. The normalized spacial score (nSPS) is 13.3. The van der Waals surface area contributed by atoms with Crippen molar-refractivity contribution in [3.63, 3.8) is 0 Å². The number of nitrogens with zero attached hydrogens (tertiary/aromatic N) is 7. The molecule has 0 amide bonds. The Morgan fingerprint density at radius 1 is 0.755 bits per heavy atom. The highest BCUT2D eigenvalue weighted by Gasteiger charge is 2.60. The van der Waals surface area contributed by atoms with Crippen molar-refractivity contribution in [2.45, 2.75) is 57.7 Å². The van der Waals surface area contributed by atoms with E-state index in [1.807, 2.05) is 85.1 Å². The van der Waals surface area contributed by atoms with Gasteiger partial charge in [-0.1, -0.05) is 167 Å². The van der Waals surface area contributed by atoms with E-state index in [2.05, 4.69) is 96.2 Å². The van der Waals surface area contributed by atoms with E-state index >= 15 is 0 Å². The molecule has 7 rings (SSSR count). The number of ketones is 1. The van der Waals surface area contributed by atoms with E-state index in [1.54, 1.807) is 0 Å². The smallest absolute Gasteiger partial charge is 0.238 e. The van der Waals surface area contributed by atoms with Crippen LogP contribution in [0.3, 0.4) is 0 Å². The second kappa shape index (κ2) is 15.1. The minimum absolute atomic E-state index is 0.113. The molecular formula is C45H41N7O. The highest BCUT2D eigenvalue weighted by atomic mass is 16.1. The predicted octanol–water partition coefficient (Wildman–Crippen LogP) is 10.7. The molecule has 0 N–H and O–H groups in total. The molecular weight excluding hydrogens is 655 g/mol. The van der Waals surface area contributed by atoms with Gasteiger partial charge in [-0.15, -0.1) is 10.2 Å². The van der Waals surface area contributed by atoms with Crippen LogP contribution in [0, 0.1) is 17.2 Å². The molecule has 1 aromatic heterocycles. The number of imidazole rings is 1. The summed E-state index contributed by atoms with van der Waals surface area (Å²) in [6.45, 7) is 6.23. The fourth-order valence-corrected chi connectivity index (χ4v) is 7.58. The van der Waals surface area contributed by atoms with Crippen LogP contribution in [0.4, 0.5) is 0 Å². The first kappa shape index (κ1) is 35.1. The Kier molecular flexibility index (Phi) is 10.0. The van der Waals surface area contributed by atoms with Crippen LogP contribution < -0.4 is 0 Å². The largest absolute Gasteiger partial charge is 0.315 e. The summed E-state index contributed by atoms with van der Waals surface area (Å²) >= 11 is 0. The molecule has 8 nitrogen and oxygen atoms in total. The molecule has 0 saturated carbocycles. The van der Waals surface area contributed by atoms with E-state index in [4.69, 9.17) is 15.2 Å². The molecule has 0 aliphatic carbocycles. The average Bonchev–Trinajstić information content (AvgIpc) is 3.84. The molecule has 6 aromatic rings. The molecule has 1 aliphatic heterocycles. The first-order chi connectivity index (χ1) is 25.9. The Hall–Kier alpha value is -6.33. The first-order valence-electron chi connectivity index (χ1n) is 18.2. The Morgan fingerprint density at radius 3 is 1.79 bits per heavy atom. The van der Waals surface area contributed by atoms with Gasteiger partial charge in [-0.3, -0.25) is 4.79 Å². The van der Waals surface area contributed by atoms with Crippen LogP contribution in [-0.2, 0) is 24.0 Å². The Bertz CT molecular complexity index is 2190. The third-order valence-electron chi connectivity index (χ3n) is 10.1. The minimum atomic E-state index is -1.31. The molecule has 53 heavy (non-hydrogen) atoms. The van der Waals surface area contributed by atoms with Gasteiger partial charge in [0.15, 0.2) is 11.5 Å². The first-order valence-corrected chi connectivity index (χ1v) is 18.2. The summed E-state index contributed by atoms with van der Waals surface area (Å²) in [7, 11) is 0. The Labute approximate surface area is 310 Å². The summed E-state index contributed by atoms with van der Waals surface area (Å²) in [5.41, 5.74) is 5.10. The minimum Gasteiger partial charge on any atom is -0.315 e. The average molecular weight is 696 g/mol. The van der Waals surface area contributed by atoms with Gasteiger partial charge in [-0.2, -0.15) is 5.26 Å². The topological polar surface area (TPSA) is 108 Å². The molecule has 262 valence electrons. The number of nitriles is 1. The number of Topliss-reactive ketones (excluding diaryl/α,β-unsaturated/α-hetero) is 1. The van der Waals surface area contributed by atoms with E-state index in [9.17, 15) is 10.1 Å². The van der Waals surface area contributed by atoms with Crippen molar-refractivity contribution in [2.75, 3.05) is 0 Å². The van der Waals surface area contributed by atoms with Gasteiger partial charge in [0.05, 0.1) is 12.0 Å². The quantitative estimate of drug-likeness (QED) is 0.0886.